The highest BCUT2D eigenvalue weighted by Gasteiger charge is 2.65. The molecule has 0 aromatic rings. The Morgan fingerprint density at radius 3 is 2.83 bits per heavy atom. The van der Waals surface area contributed by atoms with Crippen molar-refractivity contribution < 1.29 is 14.3 Å². The van der Waals surface area contributed by atoms with Gasteiger partial charge in [0.25, 0.3) is 0 Å². The van der Waals surface area contributed by atoms with E-state index in [0.717, 1.165) is 6.42 Å². The quantitative estimate of drug-likeness (QED) is 0.432. The van der Waals surface area contributed by atoms with Gasteiger partial charge >= 0.3 is 5.97 Å². The van der Waals surface area contributed by atoms with Crippen LogP contribution in [0.15, 0.2) is 0 Å². The Balaban J connectivity index is 2.28. The molecule has 1 aliphatic heterocycles. The summed E-state index contributed by atoms with van der Waals surface area (Å²) in [6.45, 7) is 1.66. The standard InChI is InChI=1S/C8H11NO3/c1-8(7(11)12-2)4-3-5(4)9-6(8)10/h4-5H,3H2,1-2H3,(H,9,10). The average molecular weight is 169 g/mol. The van der Waals surface area contributed by atoms with E-state index in [1.807, 2.05) is 0 Å². The van der Waals surface area contributed by atoms with Crippen molar-refractivity contribution >= 4 is 11.9 Å². The number of piperidine rings is 1. The molecule has 12 heavy (non-hydrogen) atoms. The second kappa shape index (κ2) is 2.00. The fourth-order valence-electron chi connectivity index (χ4n) is 1.94. The summed E-state index contributed by atoms with van der Waals surface area (Å²) >= 11 is 0. The van der Waals surface area contributed by atoms with Gasteiger partial charge in [0.2, 0.25) is 5.91 Å². The molecule has 3 atom stereocenters. The lowest BCUT2D eigenvalue weighted by Gasteiger charge is -2.19. The first-order valence-electron chi connectivity index (χ1n) is 4.00. The number of rotatable bonds is 1. The van der Waals surface area contributed by atoms with Crippen molar-refractivity contribution in [1.29, 1.82) is 0 Å². The van der Waals surface area contributed by atoms with E-state index in [0.29, 0.717) is 0 Å². The fraction of sp³-hybridized carbons (Fsp3) is 0.750. The maximum absolute atomic E-state index is 11.3. The number of esters is 1. The van der Waals surface area contributed by atoms with Crippen LogP contribution in [0.3, 0.4) is 0 Å². The van der Waals surface area contributed by atoms with Crippen molar-refractivity contribution in [2.45, 2.75) is 19.4 Å². The maximum atomic E-state index is 11.3. The summed E-state index contributed by atoms with van der Waals surface area (Å²) in [5.41, 5.74) is -0.917. The molecule has 0 radical (unpaired) electrons. The Labute approximate surface area is 70.3 Å². The number of hydrogen-bond donors (Lipinski definition) is 1. The van der Waals surface area contributed by atoms with Crippen LogP contribution in [-0.4, -0.2) is 25.0 Å². The SMILES string of the molecule is COC(=O)C1(C)C(=O)NC2CC21. The van der Waals surface area contributed by atoms with Gasteiger partial charge in [-0.15, -0.1) is 0 Å². The molecule has 1 saturated heterocycles. The maximum Gasteiger partial charge on any atom is 0.321 e. The molecule has 4 nitrogen and oxygen atoms in total. The third-order valence-corrected chi connectivity index (χ3v) is 2.93. The van der Waals surface area contributed by atoms with Crippen LogP contribution in [-0.2, 0) is 14.3 Å². The highest BCUT2D eigenvalue weighted by Crippen LogP contribution is 2.51. The van der Waals surface area contributed by atoms with Gasteiger partial charge in [0.05, 0.1) is 7.11 Å². The van der Waals surface area contributed by atoms with Crippen molar-refractivity contribution in [2.75, 3.05) is 7.11 Å². The first kappa shape index (κ1) is 7.58. The van der Waals surface area contributed by atoms with E-state index < -0.39 is 11.4 Å². The van der Waals surface area contributed by atoms with Crippen LogP contribution in [0.25, 0.3) is 0 Å². The molecule has 0 bridgehead atoms. The number of carbonyl (C=O) groups excluding carboxylic acids is 2. The number of ether oxygens (including phenoxy) is 1. The number of methoxy groups -OCH3 is 1. The molecule has 0 spiro atoms. The molecular weight excluding hydrogens is 158 g/mol. The lowest BCUT2D eigenvalue weighted by Crippen LogP contribution is -2.40. The third-order valence-electron chi connectivity index (χ3n) is 2.93. The molecule has 1 saturated carbocycles. The third kappa shape index (κ3) is 0.673. The van der Waals surface area contributed by atoms with Crippen molar-refractivity contribution in [3.63, 3.8) is 0 Å². The minimum atomic E-state index is -0.917. The molecule has 2 aliphatic rings. The van der Waals surface area contributed by atoms with Crippen LogP contribution in [0.4, 0.5) is 0 Å². The van der Waals surface area contributed by atoms with Crippen LogP contribution in [0.1, 0.15) is 13.3 Å². The Morgan fingerprint density at radius 1 is 1.75 bits per heavy atom. The Hall–Kier alpha value is -1.06. The van der Waals surface area contributed by atoms with E-state index in [2.05, 4.69) is 10.1 Å². The number of amides is 1. The molecule has 2 rings (SSSR count). The number of hydrogen-bond acceptors (Lipinski definition) is 3. The van der Waals surface area contributed by atoms with Gasteiger partial charge in [-0.05, 0) is 13.3 Å². The normalized spacial score (nSPS) is 43.3. The summed E-state index contributed by atoms with van der Waals surface area (Å²) in [7, 11) is 1.32. The fourth-order valence-corrected chi connectivity index (χ4v) is 1.94. The predicted molar refractivity (Wildman–Crippen MR) is 40.2 cm³/mol. The predicted octanol–water partition coefficient (Wildman–Crippen LogP) is -0.316. The van der Waals surface area contributed by atoms with Crippen molar-refractivity contribution in [3.8, 4) is 0 Å². The minimum absolute atomic E-state index is 0.164. The molecule has 0 aromatic heterocycles. The molecule has 3 unspecified atom stereocenters. The topological polar surface area (TPSA) is 55.4 Å². The van der Waals surface area contributed by atoms with E-state index in [9.17, 15) is 9.59 Å². The second-order valence-electron chi connectivity index (χ2n) is 3.62. The minimum Gasteiger partial charge on any atom is -0.468 e. The van der Waals surface area contributed by atoms with Gasteiger partial charge in [0.15, 0.2) is 0 Å². The lowest BCUT2D eigenvalue weighted by molar-refractivity contribution is -0.157. The molecule has 1 amide bonds. The average Bonchev–Trinajstić information content (AvgIpc) is 2.76. The van der Waals surface area contributed by atoms with Crippen LogP contribution >= 0.6 is 0 Å². The highest BCUT2D eigenvalue weighted by molar-refractivity contribution is 6.05. The number of nitrogens with one attached hydrogen (secondary N) is 1. The molecule has 2 fully saturated rings. The summed E-state index contributed by atoms with van der Waals surface area (Å²) in [4.78, 5) is 22.6. The van der Waals surface area contributed by atoms with Gasteiger partial charge in [-0.25, -0.2) is 0 Å². The summed E-state index contributed by atoms with van der Waals surface area (Å²) in [6.07, 6.45) is 0.914. The van der Waals surface area contributed by atoms with Gasteiger partial charge in [0, 0.05) is 12.0 Å². The Kier molecular flexibility index (Phi) is 1.26. The monoisotopic (exact) mass is 169 g/mol. The zero-order valence-electron chi connectivity index (χ0n) is 7.09. The Bertz CT molecular complexity index is 263. The molecule has 1 heterocycles. The van der Waals surface area contributed by atoms with Gasteiger partial charge in [-0.1, -0.05) is 0 Å². The molecule has 1 N–H and O–H groups in total. The molecule has 4 heteroatoms. The summed E-state index contributed by atoms with van der Waals surface area (Å²) < 4.78 is 4.60. The van der Waals surface area contributed by atoms with E-state index in [4.69, 9.17) is 0 Å². The Morgan fingerprint density at radius 2 is 2.42 bits per heavy atom. The van der Waals surface area contributed by atoms with Gasteiger partial charge < -0.3 is 10.1 Å². The van der Waals surface area contributed by atoms with E-state index >= 15 is 0 Å². The van der Waals surface area contributed by atoms with Crippen molar-refractivity contribution in [3.05, 3.63) is 0 Å². The molecule has 0 aromatic carbocycles. The van der Waals surface area contributed by atoms with E-state index in [-0.39, 0.29) is 17.9 Å². The molecule has 66 valence electrons. The highest BCUT2D eigenvalue weighted by atomic mass is 16.5. The van der Waals surface area contributed by atoms with Crippen LogP contribution in [0, 0.1) is 11.3 Å². The first-order valence-corrected chi connectivity index (χ1v) is 4.00. The lowest BCUT2D eigenvalue weighted by atomic mass is 9.86. The summed E-state index contributed by atoms with van der Waals surface area (Å²) in [6, 6.07) is 0.224. The van der Waals surface area contributed by atoms with Crippen molar-refractivity contribution in [1.82, 2.24) is 5.32 Å². The molecular formula is C8H11NO3. The second-order valence-corrected chi connectivity index (χ2v) is 3.62. The van der Waals surface area contributed by atoms with E-state index in [1.54, 1.807) is 6.92 Å². The zero-order chi connectivity index (χ0) is 8.93. The zero-order valence-corrected chi connectivity index (χ0v) is 7.09. The van der Waals surface area contributed by atoms with Crippen molar-refractivity contribution in [2.24, 2.45) is 11.3 Å². The van der Waals surface area contributed by atoms with E-state index in [1.165, 1.54) is 7.11 Å². The van der Waals surface area contributed by atoms with Gasteiger partial charge in [-0.3, -0.25) is 9.59 Å². The van der Waals surface area contributed by atoms with Gasteiger partial charge in [-0.2, -0.15) is 0 Å². The van der Waals surface area contributed by atoms with Crippen LogP contribution in [0.5, 0.6) is 0 Å². The largest absolute Gasteiger partial charge is 0.468 e. The van der Waals surface area contributed by atoms with Crippen LogP contribution in [0.2, 0.25) is 0 Å². The van der Waals surface area contributed by atoms with Gasteiger partial charge in [0.1, 0.15) is 5.41 Å². The smallest absolute Gasteiger partial charge is 0.321 e. The summed E-state index contributed by atoms with van der Waals surface area (Å²) in [5, 5.41) is 2.76. The number of fused-ring (bicyclic) bond motifs is 1. The number of carbonyl (C=O) groups is 2. The molecule has 1 aliphatic carbocycles. The summed E-state index contributed by atoms with van der Waals surface area (Å²) in [5.74, 6) is -0.432. The first-order chi connectivity index (χ1) is 5.60. The van der Waals surface area contributed by atoms with Crippen LogP contribution < -0.4 is 5.32 Å².